The van der Waals surface area contributed by atoms with E-state index in [1.165, 1.54) is 26.2 Å². The second-order valence-electron chi connectivity index (χ2n) is 12.6. The average molecular weight is 791 g/mol. The molecular formula is C37H37Cl2F2N4O5S2+. The Hall–Kier alpha value is -4.01. The molecule has 274 valence electrons. The van der Waals surface area contributed by atoms with E-state index in [-0.39, 0.29) is 29.3 Å². The number of imidazole rings is 1. The molecule has 1 N–H and O–H groups in total. The lowest BCUT2D eigenvalue weighted by molar-refractivity contribution is -0.671. The lowest BCUT2D eigenvalue weighted by Crippen LogP contribution is -2.44. The first kappa shape index (κ1) is 39.2. The molecule has 5 rings (SSSR count). The average Bonchev–Trinajstić information content (AvgIpc) is 3.53. The molecule has 0 aliphatic heterocycles. The number of aryl methyl sites for hydroxylation is 1. The number of thioether (sulfide) groups is 1. The van der Waals surface area contributed by atoms with E-state index in [4.69, 9.17) is 27.9 Å². The van der Waals surface area contributed by atoms with E-state index in [2.05, 4.69) is 4.98 Å². The number of nitrogens with zero attached hydrogens (tertiary/aromatic N) is 4. The SMILES string of the molecule is COc1cc(C(C)(C)c2cnc(SCc3c(F)cc(S(=O)(=O)N(CCc4ccc[n+](C)c4)C(C)C(=O)O)cc3Cl)n2-c2ccc(F)cc2)ccc1Cl. The van der Waals surface area contributed by atoms with Gasteiger partial charge in [0.25, 0.3) is 0 Å². The first-order chi connectivity index (χ1) is 24.5. The van der Waals surface area contributed by atoms with Gasteiger partial charge in [-0.2, -0.15) is 4.31 Å². The second kappa shape index (κ2) is 15.9. The zero-order valence-electron chi connectivity index (χ0n) is 29.0. The van der Waals surface area contributed by atoms with Crippen LogP contribution in [0, 0.1) is 11.6 Å². The minimum atomic E-state index is -4.50. The normalized spacial score (nSPS) is 12.7. The molecule has 9 nitrogen and oxygen atoms in total. The van der Waals surface area contributed by atoms with Crippen molar-refractivity contribution >= 4 is 51.0 Å². The quantitative estimate of drug-likeness (QED) is 0.0912. The van der Waals surface area contributed by atoms with Crippen molar-refractivity contribution in [1.29, 1.82) is 0 Å². The molecule has 5 aromatic rings. The van der Waals surface area contributed by atoms with Gasteiger partial charge in [0.2, 0.25) is 10.0 Å². The number of rotatable bonds is 14. The van der Waals surface area contributed by atoms with Gasteiger partial charge < -0.3 is 9.84 Å². The summed E-state index contributed by atoms with van der Waals surface area (Å²) in [5.74, 6) is -2.20. The molecule has 0 bridgehead atoms. The number of benzene rings is 3. The number of hydrogen-bond donors (Lipinski definition) is 1. The molecule has 15 heteroatoms. The van der Waals surface area contributed by atoms with Crippen LogP contribution in [0.15, 0.2) is 95.4 Å². The number of halogens is 4. The zero-order chi connectivity index (χ0) is 38.0. The number of carboxylic acid groups (broad SMARTS) is 1. The zero-order valence-corrected chi connectivity index (χ0v) is 32.1. The van der Waals surface area contributed by atoms with Crippen molar-refractivity contribution < 1.29 is 36.4 Å². The molecule has 1 unspecified atom stereocenters. The summed E-state index contributed by atoms with van der Waals surface area (Å²) in [6.07, 6.45) is 5.53. The van der Waals surface area contributed by atoms with Gasteiger partial charge in [-0.05, 0) is 73.5 Å². The van der Waals surface area contributed by atoms with Gasteiger partial charge in [0.05, 0.1) is 28.9 Å². The van der Waals surface area contributed by atoms with Crippen LogP contribution in [0.1, 0.15) is 43.2 Å². The number of carboxylic acids is 1. The van der Waals surface area contributed by atoms with E-state index < -0.39 is 44.0 Å². The molecule has 0 aliphatic carbocycles. The summed E-state index contributed by atoms with van der Waals surface area (Å²) in [5, 5.41) is 10.5. The number of ether oxygens (including phenoxy) is 1. The maximum absolute atomic E-state index is 15.9. The number of pyridine rings is 1. The molecule has 52 heavy (non-hydrogen) atoms. The summed E-state index contributed by atoms with van der Waals surface area (Å²) in [6.45, 7) is 5.08. The van der Waals surface area contributed by atoms with E-state index in [9.17, 15) is 22.7 Å². The van der Waals surface area contributed by atoms with Crippen LogP contribution in [0.5, 0.6) is 5.75 Å². The van der Waals surface area contributed by atoms with Crippen molar-refractivity contribution in [1.82, 2.24) is 13.9 Å². The number of aromatic nitrogens is 3. The van der Waals surface area contributed by atoms with E-state index >= 15 is 4.39 Å². The van der Waals surface area contributed by atoms with Crippen molar-refractivity contribution in [3.63, 3.8) is 0 Å². The van der Waals surface area contributed by atoms with Gasteiger partial charge in [-0.3, -0.25) is 9.36 Å². The van der Waals surface area contributed by atoms with E-state index in [0.717, 1.165) is 45.0 Å². The van der Waals surface area contributed by atoms with Crippen LogP contribution < -0.4 is 9.30 Å². The summed E-state index contributed by atoms with van der Waals surface area (Å²) >= 11 is 14.0. The molecule has 1 atom stereocenters. The molecule has 0 fully saturated rings. The van der Waals surface area contributed by atoms with Gasteiger partial charge in [-0.1, -0.05) is 54.9 Å². The van der Waals surface area contributed by atoms with E-state index in [1.807, 2.05) is 43.8 Å². The minimum Gasteiger partial charge on any atom is -0.495 e. The Balaban J connectivity index is 1.47. The number of carbonyl (C=O) groups is 1. The fraction of sp³-hybridized carbons (Fsp3) is 0.270. The van der Waals surface area contributed by atoms with Crippen LogP contribution in [0.3, 0.4) is 0 Å². The lowest BCUT2D eigenvalue weighted by atomic mass is 9.81. The molecule has 0 amide bonds. The van der Waals surface area contributed by atoms with Crippen LogP contribution in [0.4, 0.5) is 8.78 Å². The third kappa shape index (κ3) is 8.29. The number of methoxy groups -OCH3 is 1. The Morgan fingerprint density at radius 1 is 1.10 bits per heavy atom. The van der Waals surface area contributed by atoms with E-state index in [0.29, 0.717) is 21.6 Å². The molecule has 0 saturated carbocycles. The monoisotopic (exact) mass is 789 g/mol. The fourth-order valence-corrected chi connectivity index (χ4v) is 9.00. The van der Waals surface area contributed by atoms with Crippen LogP contribution in [-0.4, -0.2) is 53.0 Å². The Morgan fingerprint density at radius 2 is 1.81 bits per heavy atom. The van der Waals surface area contributed by atoms with Gasteiger partial charge in [-0.25, -0.2) is 26.7 Å². The highest BCUT2D eigenvalue weighted by molar-refractivity contribution is 7.98. The predicted octanol–water partition coefficient (Wildman–Crippen LogP) is 7.62. The third-order valence-electron chi connectivity index (χ3n) is 8.81. The fourth-order valence-electron chi connectivity index (χ4n) is 5.73. The summed E-state index contributed by atoms with van der Waals surface area (Å²) in [5.41, 5.74) is 2.35. The highest BCUT2D eigenvalue weighted by Gasteiger charge is 2.34. The van der Waals surface area contributed by atoms with E-state index in [1.54, 1.807) is 47.3 Å². The molecule has 2 heterocycles. The molecule has 0 radical (unpaired) electrons. The summed E-state index contributed by atoms with van der Waals surface area (Å²) < 4.78 is 67.4. The molecule has 0 aliphatic rings. The summed E-state index contributed by atoms with van der Waals surface area (Å²) in [6, 6.07) is 15.5. The van der Waals surface area contributed by atoms with Crippen LogP contribution in [0.2, 0.25) is 10.0 Å². The minimum absolute atomic E-state index is 0.0251. The maximum atomic E-state index is 15.9. The summed E-state index contributed by atoms with van der Waals surface area (Å²) in [4.78, 5) is 16.2. The molecule has 3 aromatic carbocycles. The first-order valence-electron chi connectivity index (χ1n) is 16.0. The number of sulfonamides is 1. The molecular weight excluding hydrogens is 753 g/mol. The Morgan fingerprint density at radius 3 is 2.44 bits per heavy atom. The van der Waals surface area contributed by atoms with Crippen molar-refractivity contribution in [2.75, 3.05) is 13.7 Å². The highest BCUT2D eigenvalue weighted by Crippen LogP contribution is 2.40. The van der Waals surface area contributed by atoms with Crippen molar-refractivity contribution in [3.05, 3.63) is 129 Å². The number of aliphatic carboxylic acids is 1. The predicted molar refractivity (Wildman–Crippen MR) is 197 cm³/mol. The molecule has 0 saturated heterocycles. The third-order valence-corrected chi connectivity index (χ3v) is 12.4. The molecule has 0 spiro atoms. The Kier molecular flexibility index (Phi) is 12.0. The molecule has 2 aromatic heterocycles. The highest BCUT2D eigenvalue weighted by atomic mass is 35.5. The Bertz CT molecular complexity index is 2190. The van der Waals surface area contributed by atoms with Gasteiger partial charge in [0.15, 0.2) is 17.6 Å². The smallest absolute Gasteiger partial charge is 0.321 e. The maximum Gasteiger partial charge on any atom is 0.321 e. The van der Waals surface area contributed by atoms with Crippen LogP contribution in [0.25, 0.3) is 5.69 Å². The van der Waals surface area contributed by atoms with Gasteiger partial charge >= 0.3 is 5.97 Å². The standard InChI is InChI=1S/C37H36Cl2F2N4O5S2/c1-23(35(46)47)44(16-14-24-7-6-15-43(4)21-24)52(48,49)28-18-31(39)29(32(41)19-28)22-51-36-42-20-34(45(36)27-11-9-26(40)10-12-27)37(2,3)25-8-13-30(38)33(17-25)50-5/h6-13,15,17-21,23H,14,16,22H2,1-5H3/p+1. The van der Waals surface area contributed by atoms with Gasteiger partial charge in [-0.15, -0.1) is 0 Å². The van der Waals surface area contributed by atoms with Crippen LogP contribution >= 0.6 is 35.0 Å². The van der Waals surface area contributed by atoms with Crippen molar-refractivity contribution in [2.45, 2.75) is 54.5 Å². The van der Waals surface area contributed by atoms with Crippen molar-refractivity contribution in [3.8, 4) is 11.4 Å². The first-order valence-corrected chi connectivity index (χ1v) is 19.2. The largest absolute Gasteiger partial charge is 0.495 e. The summed E-state index contributed by atoms with van der Waals surface area (Å²) in [7, 11) is -1.15. The number of hydrogen-bond acceptors (Lipinski definition) is 6. The topological polar surface area (TPSA) is 106 Å². The van der Waals surface area contributed by atoms with Gasteiger partial charge in [0.1, 0.15) is 30.5 Å². The van der Waals surface area contributed by atoms with Gasteiger partial charge in [0, 0.05) is 45.6 Å². The Labute approximate surface area is 315 Å². The second-order valence-corrected chi connectivity index (χ2v) is 16.3. The van der Waals surface area contributed by atoms with Crippen molar-refractivity contribution in [2.24, 2.45) is 7.05 Å². The van der Waals surface area contributed by atoms with Crippen LogP contribution in [-0.2, 0) is 39.5 Å². The lowest BCUT2D eigenvalue weighted by Gasteiger charge is -2.28.